The number of sulfone groups is 1. The third kappa shape index (κ3) is 4.15. The Kier molecular flexibility index (Phi) is 5.53. The predicted molar refractivity (Wildman–Crippen MR) is 98.0 cm³/mol. The molecular formula is C15H13ClINO4S. The van der Waals surface area contributed by atoms with Crippen LogP contribution in [0.15, 0.2) is 41.3 Å². The van der Waals surface area contributed by atoms with Gasteiger partial charge >= 0.3 is 0 Å². The minimum atomic E-state index is -3.44. The molecule has 0 saturated heterocycles. The summed E-state index contributed by atoms with van der Waals surface area (Å²) in [5, 5.41) is 12.8. The van der Waals surface area contributed by atoms with E-state index >= 15 is 0 Å². The van der Waals surface area contributed by atoms with Crippen LogP contribution in [0.2, 0.25) is 5.02 Å². The highest BCUT2D eigenvalue weighted by Crippen LogP contribution is 2.28. The molecule has 0 saturated carbocycles. The van der Waals surface area contributed by atoms with Gasteiger partial charge in [0.15, 0.2) is 9.84 Å². The molecule has 2 rings (SSSR count). The van der Waals surface area contributed by atoms with Crippen molar-refractivity contribution in [2.75, 3.05) is 11.1 Å². The molecule has 122 valence electrons. The Labute approximate surface area is 152 Å². The smallest absolute Gasteiger partial charge is 0.256 e. The number of hydrogen-bond donors (Lipinski definition) is 2. The van der Waals surface area contributed by atoms with Gasteiger partial charge in [0.05, 0.1) is 21.9 Å². The van der Waals surface area contributed by atoms with Crippen molar-refractivity contribution in [3.63, 3.8) is 0 Å². The third-order valence-electron chi connectivity index (χ3n) is 3.13. The van der Waals surface area contributed by atoms with Gasteiger partial charge in [-0.25, -0.2) is 8.42 Å². The predicted octanol–water partition coefficient (Wildman–Crippen LogP) is 3.70. The second-order valence-electron chi connectivity index (χ2n) is 4.66. The first-order valence-electron chi connectivity index (χ1n) is 6.57. The van der Waals surface area contributed by atoms with E-state index in [1.807, 2.05) is 22.6 Å². The van der Waals surface area contributed by atoms with E-state index in [-0.39, 0.29) is 22.1 Å². The van der Waals surface area contributed by atoms with Crippen molar-refractivity contribution in [2.45, 2.75) is 11.8 Å². The number of carbonyl (C=O) groups is 1. The Morgan fingerprint density at radius 3 is 2.61 bits per heavy atom. The minimum Gasteiger partial charge on any atom is -0.506 e. The molecule has 0 fully saturated rings. The number of aromatic hydroxyl groups is 1. The standard InChI is InChI=1S/C15H13ClINO4S/c1-2-23(21,22)10-4-6-14(19)13(8-10)18-15(20)11-7-9(16)3-5-12(11)17/h3-8,19H,2H2,1H3,(H,18,20). The summed E-state index contributed by atoms with van der Waals surface area (Å²) in [6.07, 6.45) is 0. The van der Waals surface area contributed by atoms with Gasteiger partial charge in [-0.05, 0) is 59.0 Å². The van der Waals surface area contributed by atoms with Gasteiger partial charge in [-0.2, -0.15) is 0 Å². The van der Waals surface area contributed by atoms with Crippen LogP contribution in [0.1, 0.15) is 17.3 Å². The summed E-state index contributed by atoms with van der Waals surface area (Å²) in [7, 11) is -3.44. The average molecular weight is 466 g/mol. The lowest BCUT2D eigenvalue weighted by molar-refractivity contribution is 0.102. The number of amides is 1. The van der Waals surface area contributed by atoms with Crippen LogP contribution in [0.25, 0.3) is 0 Å². The highest BCUT2D eigenvalue weighted by Gasteiger charge is 2.17. The molecule has 0 aliphatic carbocycles. The zero-order valence-electron chi connectivity index (χ0n) is 12.0. The normalized spacial score (nSPS) is 11.3. The number of halogens is 2. The minimum absolute atomic E-state index is 0.0281. The average Bonchev–Trinajstić information content (AvgIpc) is 2.51. The number of carbonyl (C=O) groups excluding carboxylic acids is 1. The van der Waals surface area contributed by atoms with Crippen LogP contribution >= 0.6 is 34.2 Å². The lowest BCUT2D eigenvalue weighted by Crippen LogP contribution is -2.14. The molecule has 0 unspecified atom stereocenters. The molecule has 0 radical (unpaired) electrons. The van der Waals surface area contributed by atoms with Crippen LogP contribution in [-0.4, -0.2) is 25.2 Å². The van der Waals surface area contributed by atoms with Gasteiger partial charge in [0.25, 0.3) is 5.91 Å². The lowest BCUT2D eigenvalue weighted by atomic mass is 10.2. The van der Waals surface area contributed by atoms with E-state index in [1.54, 1.807) is 12.1 Å². The second-order valence-corrected chi connectivity index (χ2v) is 8.54. The first kappa shape index (κ1) is 18.0. The molecule has 2 N–H and O–H groups in total. The van der Waals surface area contributed by atoms with Crippen LogP contribution in [-0.2, 0) is 9.84 Å². The molecule has 1 amide bonds. The summed E-state index contributed by atoms with van der Waals surface area (Å²) < 4.78 is 24.5. The van der Waals surface area contributed by atoms with Crippen molar-refractivity contribution in [3.05, 3.63) is 50.6 Å². The Morgan fingerprint density at radius 2 is 1.96 bits per heavy atom. The van der Waals surface area contributed by atoms with Gasteiger partial charge in [-0.15, -0.1) is 0 Å². The van der Waals surface area contributed by atoms with Crippen LogP contribution in [0, 0.1) is 3.57 Å². The van der Waals surface area contributed by atoms with Crippen molar-refractivity contribution in [2.24, 2.45) is 0 Å². The monoisotopic (exact) mass is 465 g/mol. The molecule has 2 aromatic rings. The largest absolute Gasteiger partial charge is 0.506 e. The van der Waals surface area contributed by atoms with Crippen LogP contribution in [0.5, 0.6) is 5.75 Å². The molecule has 2 aromatic carbocycles. The maximum absolute atomic E-state index is 12.3. The van der Waals surface area contributed by atoms with Crippen molar-refractivity contribution in [3.8, 4) is 5.75 Å². The molecule has 0 aliphatic heterocycles. The topological polar surface area (TPSA) is 83.5 Å². The van der Waals surface area contributed by atoms with Crippen molar-refractivity contribution in [1.29, 1.82) is 0 Å². The molecule has 0 heterocycles. The number of phenols is 1. The quantitative estimate of drug-likeness (QED) is 0.533. The van der Waals surface area contributed by atoms with E-state index < -0.39 is 15.7 Å². The summed E-state index contributed by atoms with van der Waals surface area (Å²) >= 11 is 7.88. The highest BCUT2D eigenvalue weighted by molar-refractivity contribution is 14.1. The van der Waals surface area contributed by atoms with Crippen molar-refractivity contribution < 1.29 is 18.3 Å². The van der Waals surface area contributed by atoms with Gasteiger partial charge in [0.1, 0.15) is 5.75 Å². The first-order chi connectivity index (χ1) is 10.7. The van der Waals surface area contributed by atoms with Crippen molar-refractivity contribution >= 4 is 55.6 Å². The zero-order valence-corrected chi connectivity index (χ0v) is 15.7. The molecule has 0 aliphatic rings. The van der Waals surface area contributed by atoms with E-state index in [0.717, 1.165) is 0 Å². The summed E-state index contributed by atoms with van der Waals surface area (Å²) in [4.78, 5) is 12.4. The number of phenolic OH excluding ortho intramolecular Hbond substituents is 1. The molecule has 23 heavy (non-hydrogen) atoms. The SMILES string of the molecule is CCS(=O)(=O)c1ccc(O)c(NC(=O)c2cc(Cl)ccc2I)c1. The molecule has 0 bridgehead atoms. The fourth-order valence-corrected chi connectivity index (χ4v) is 3.50. The van der Waals surface area contributed by atoms with E-state index in [2.05, 4.69) is 5.32 Å². The summed E-state index contributed by atoms with van der Waals surface area (Å²) in [5.41, 5.74) is 0.363. The zero-order chi connectivity index (χ0) is 17.2. The van der Waals surface area contributed by atoms with E-state index in [9.17, 15) is 18.3 Å². The highest BCUT2D eigenvalue weighted by atomic mass is 127. The molecule has 0 atom stereocenters. The Bertz CT molecular complexity index is 868. The number of benzene rings is 2. The van der Waals surface area contributed by atoms with Gasteiger partial charge < -0.3 is 10.4 Å². The third-order valence-corrected chi connectivity index (χ3v) is 6.04. The Balaban J connectivity index is 2.38. The summed E-state index contributed by atoms with van der Waals surface area (Å²) in [6, 6.07) is 8.63. The lowest BCUT2D eigenvalue weighted by Gasteiger charge is -2.11. The van der Waals surface area contributed by atoms with Gasteiger partial charge in [0.2, 0.25) is 0 Å². The van der Waals surface area contributed by atoms with Gasteiger partial charge in [-0.1, -0.05) is 18.5 Å². The molecule has 0 aromatic heterocycles. The number of rotatable bonds is 4. The Morgan fingerprint density at radius 1 is 1.26 bits per heavy atom. The first-order valence-corrected chi connectivity index (χ1v) is 9.67. The fourth-order valence-electron chi connectivity index (χ4n) is 1.84. The summed E-state index contributed by atoms with van der Waals surface area (Å²) in [5.74, 6) is -0.777. The summed E-state index contributed by atoms with van der Waals surface area (Å²) in [6.45, 7) is 1.52. The Hall–Kier alpha value is -1.32. The van der Waals surface area contributed by atoms with Crippen molar-refractivity contribution in [1.82, 2.24) is 0 Å². The van der Waals surface area contributed by atoms with E-state index in [1.165, 1.54) is 31.2 Å². The second kappa shape index (κ2) is 7.06. The maximum Gasteiger partial charge on any atom is 0.256 e. The molecule has 8 heteroatoms. The fraction of sp³-hybridized carbons (Fsp3) is 0.133. The maximum atomic E-state index is 12.3. The van der Waals surface area contributed by atoms with Crippen LogP contribution in [0.4, 0.5) is 5.69 Å². The molecular weight excluding hydrogens is 453 g/mol. The van der Waals surface area contributed by atoms with Gasteiger partial charge in [-0.3, -0.25) is 4.79 Å². The van der Waals surface area contributed by atoms with E-state index in [0.29, 0.717) is 14.2 Å². The van der Waals surface area contributed by atoms with Crippen LogP contribution < -0.4 is 5.32 Å². The molecule has 5 nitrogen and oxygen atoms in total. The number of nitrogens with one attached hydrogen (secondary N) is 1. The number of anilines is 1. The van der Waals surface area contributed by atoms with Gasteiger partial charge in [0, 0.05) is 8.59 Å². The van der Waals surface area contributed by atoms with E-state index in [4.69, 9.17) is 11.6 Å². The number of hydrogen-bond acceptors (Lipinski definition) is 4. The molecule has 0 spiro atoms. The van der Waals surface area contributed by atoms with Crippen LogP contribution in [0.3, 0.4) is 0 Å².